The van der Waals surface area contributed by atoms with Crippen LogP contribution < -0.4 is 10.5 Å². The quantitative estimate of drug-likeness (QED) is 0.872. The summed E-state index contributed by atoms with van der Waals surface area (Å²) >= 11 is 0. The van der Waals surface area contributed by atoms with E-state index in [0.29, 0.717) is 17.9 Å². The van der Waals surface area contributed by atoms with Crippen molar-refractivity contribution in [3.63, 3.8) is 0 Å². The molecule has 0 aliphatic carbocycles. The van der Waals surface area contributed by atoms with E-state index in [2.05, 4.69) is 26.0 Å². The molecular formula is C15H23NO2. The molecule has 1 atom stereocenters. The monoisotopic (exact) mass is 249 g/mol. The largest absolute Gasteiger partial charge is 0.496 e. The van der Waals surface area contributed by atoms with Gasteiger partial charge in [-0.2, -0.15) is 0 Å². The van der Waals surface area contributed by atoms with Crippen molar-refractivity contribution in [1.29, 1.82) is 0 Å². The number of methoxy groups -OCH3 is 1. The van der Waals surface area contributed by atoms with Gasteiger partial charge in [-0.25, -0.2) is 0 Å². The van der Waals surface area contributed by atoms with E-state index in [1.54, 1.807) is 7.11 Å². The molecule has 0 bridgehead atoms. The van der Waals surface area contributed by atoms with E-state index in [0.717, 1.165) is 25.4 Å². The first-order valence-electron chi connectivity index (χ1n) is 6.50. The van der Waals surface area contributed by atoms with Gasteiger partial charge >= 0.3 is 0 Å². The van der Waals surface area contributed by atoms with Crippen LogP contribution in [-0.4, -0.2) is 26.9 Å². The number of benzene rings is 1. The lowest BCUT2D eigenvalue weighted by Crippen LogP contribution is -2.41. The van der Waals surface area contributed by atoms with Gasteiger partial charge in [0.25, 0.3) is 0 Å². The summed E-state index contributed by atoms with van der Waals surface area (Å²) < 4.78 is 10.6. The Labute approximate surface area is 109 Å². The molecule has 2 rings (SSSR count). The molecule has 0 radical (unpaired) electrons. The number of hydrogen-bond acceptors (Lipinski definition) is 3. The number of aryl methyl sites for hydroxylation is 1. The third kappa shape index (κ3) is 2.68. The van der Waals surface area contributed by atoms with Gasteiger partial charge in [0, 0.05) is 5.41 Å². The van der Waals surface area contributed by atoms with Gasteiger partial charge in [0.05, 0.1) is 20.3 Å². The molecule has 0 saturated carbocycles. The first kappa shape index (κ1) is 13.4. The van der Waals surface area contributed by atoms with Crippen LogP contribution in [0.5, 0.6) is 5.75 Å². The van der Waals surface area contributed by atoms with Gasteiger partial charge in [-0.05, 0) is 43.0 Å². The fourth-order valence-corrected chi connectivity index (χ4v) is 2.66. The topological polar surface area (TPSA) is 44.5 Å². The standard InChI is InChI=1S/C15H23NO2/c1-11-6-12(4-5-14(11)17-3)13(8-16)7-15(2)9-18-10-15/h4-6,13H,7-10,16H2,1-3H3. The van der Waals surface area contributed by atoms with E-state index in [1.807, 2.05) is 6.07 Å². The smallest absolute Gasteiger partial charge is 0.121 e. The Morgan fingerprint density at radius 3 is 2.61 bits per heavy atom. The highest BCUT2D eigenvalue weighted by atomic mass is 16.5. The Balaban J connectivity index is 2.14. The van der Waals surface area contributed by atoms with Crippen LogP contribution in [0.4, 0.5) is 0 Å². The third-order valence-corrected chi connectivity index (χ3v) is 3.82. The molecular weight excluding hydrogens is 226 g/mol. The highest BCUT2D eigenvalue weighted by molar-refractivity contribution is 5.37. The lowest BCUT2D eigenvalue weighted by Gasteiger charge is -2.40. The van der Waals surface area contributed by atoms with Crippen LogP contribution in [0.1, 0.15) is 30.4 Å². The van der Waals surface area contributed by atoms with Crippen LogP contribution in [0.2, 0.25) is 0 Å². The molecule has 100 valence electrons. The minimum atomic E-state index is 0.303. The summed E-state index contributed by atoms with van der Waals surface area (Å²) in [5, 5.41) is 0. The summed E-state index contributed by atoms with van der Waals surface area (Å²) in [6, 6.07) is 6.36. The van der Waals surface area contributed by atoms with Gasteiger partial charge in [0.1, 0.15) is 5.75 Å². The normalized spacial score (nSPS) is 19.1. The second-order valence-corrected chi connectivity index (χ2v) is 5.67. The molecule has 1 aromatic rings. The molecule has 18 heavy (non-hydrogen) atoms. The Morgan fingerprint density at radius 2 is 2.17 bits per heavy atom. The summed E-state index contributed by atoms with van der Waals surface area (Å²) in [5.41, 5.74) is 8.72. The lowest BCUT2D eigenvalue weighted by molar-refractivity contribution is -0.108. The summed E-state index contributed by atoms with van der Waals surface area (Å²) in [6.45, 7) is 6.75. The summed E-state index contributed by atoms with van der Waals surface area (Å²) in [4.78, 5) is 0. The number of ether oxygens (including phenoxy) is 2. The van der Waals surface area contributed by atoms with Crippen LogP contribution in [0.3, 0.4) is 0 Å². The Morgan fingerprint density at radius 1 is 1.44 bits per heavy atom. The van der Waals surface area contributed by atoms with Crippen molar-refractivity contribution >= 4 is 0 Å². The van der Waals surface area contributed by atoms with Crippen molar-refractivity contribution in [2.24, 2.45) is 11.1 Å². The van der Waals surface area contributed by atoms with E-state index >= 15 is 0 Å². The molecule has 1 aliphatic rings. The van der Waals surface area contributed by atoms with Gasteiger partial charge in [0.2, 0.25) is 0 Å². The highest BCUT2D eigenvalue weighted by Crippen LogP contribution is 2.38. The van der Waals surface area contributed by atoms with Crippen molar-refractivity contribution in [3.05, 3.63) is 29.3 Å². The molecule has 1 aliphatic heterocycles. The predicted molar refractivity (Wildman–Crippen MR) is 73.1 cm³/mol. The van der Waals surface area contributed by atoms with E-state index in [-0.39, 0.29) is 0 Å². The van der Waals surface area contributed by atoms with E-state index in [1.165, 1.54) is 11.1 Å². The van der Waals surface area contributed by atoms with E-state index in [9.17, 15) is 0 Å². The molecule has 1 aromatic carbocycles. The molecule has 3 heteroatoms. The Bertz CT molecular complexity index is 413. The zero-order valence-electron chi connectivity index (χ0n) is 11.5. The third-order valence-electron chi connectivity index (χ3n) is 3.82. The minimum absolute atomic E-state index is 0.303. The van der Waals surface area contributed by atoms with Crippen LogP contribution >= 0.6 is 0 Å². The molecule has 1 heterocycles. The maximum atomic E-state index is 5.94. The summed E-state index contributed by atoms with van der Waals surface area (Å²) in [7, 11) is 1.70. The fraction of sp³-hybridized carbons (Fsp3) is 0.600. The minimum Gasteiger partial charge on any atom is -0.496 e. The van der Waals surface area contributed by atoms with Gasteiger partial charge < -0.3 is 15.2 Å². The van der Waals surface area contributed by atoms with Gasteiger partial charge in [-0.15, -0.1) is 0 Å². The molecule has 0 spiro atoms. The second kappa shape index (κ2) is 5.29. The van der Waals surface area contributed by atoms with Crippen molar-refractivity contribution in [3.8, 4) is 5.75 Å². The molecule has 1 fully saturated rings. The molecule has 3 nitrogen and oxygen atoms in total. The SMILES string of the molecule is COc1ccc(C(CN)CC2(C)COC2)cc1C. The molecule has 0 aromatic heterocycles. The average Bonchev–Trinajstić information content (AvgIpc) is 2.33. The molecule has 0 amide bonds. The van der Waals surface area contributed by atoms with Crippen LogP contribution in [0.15, 0.2) is 18.2 Å². The Hall–Kier alpha value is -1.06. The summed E-state index contributed by atoms with van der Waals surface area (Å²) in [5.74, 6) is 1.34. The van der Waals surface area contributed by atoms with Crippen LogP contribution in [-0.2, 0) is 4.74 Å². The van der Waals surface area contributed by atoms with Gasteiger partial charge in [0.15, 0.2) is 0 Å². The molecule has 1 unspecified atom stereocenters. The molecule has 1 saturated heterocycles. The van der Waals surface area contributed by atoms with E-state index < -0.39 is 0 Å². The average molecular weight is 249 g/mol. The van der Waals surface area contributed by atoms with Gasteiger partial charge in [-0.3, -0.25) is 0 Å². The van der Waals surface area contributed by atoms with Crippen molar-refractivity contribution in [2.75, 3.05) is 26.9 Å². The highest BCUT2D eigenvalue weighted by Gasteiger charge is 2.35. The Kier molecular flexibility index (Phi) is 3.93. The van der Waals surface area contributed by atoms with Crippen LogP contribution in [0.25, 0.3) is 0 Å². The number of hydrogen-bond donors (Lipinski definition) is 1. The number of nitrogens with two attached hydrogens (primary N) is 1. The van der Waals surface area contributed by atoms with Gasteiger partial charge in [-0.1, -0.05) is 19.1 Å². The lowest BCUT2D eigenvalue weighted by atomic mass is 9.77. The second-order valence-electron chi connectivity index (χ2n) is 5.67. The van der Waals surface area contributed by atoms with Crippen molar-refractivity contribution in [2.45, 2.75) is 26.2 Å². The first-order valence-corrected chi connectivity index (χ1v) is 6.50. The van der Waals surface area contributed by atoms with Crippen molar-refractivity contribution in [1.82, 2.24) is 0 Å². The molecule has 2 N–H and O–H groups in total. The van der Waals surface area contributed by atoms with E-state index in [4.69, 9.17) is 15.2 Å². The maximum Gasteiger partial charge on any atom is 0.121 e. The van der Waals surface area contributed by atoms with Crippen LogP contribution in [0, 0.1) is 12.3 Å². The summed E-state index contributed by atoms with van der Waals surface area (Å²) in [6.07, 6.45) is 1.09. The number of rotatable bonds is 5. The first-order chi connectivity index (χ1) is 8.58. The van der Waals surface area contributed by atoms with Crippen molar-refractivity contribution < 1.29 is 9.47 Å². The zero-order chi connectivity index (χ0) is 13.2. The zero-order valence-corrected chi connectivity index (χ0v) is 11.5. The fourth-order valence-electron chi connectivity index (χ4n) is 2.66. The maximum absolute atomic E-state index is 5.94. The predicted octanol–water partition coefficient (Wildman–Crippen LogP) is 2.47.